The Morgan fingerprint density at radius 3 is 2.12 bits per heavy atom. The summed E-state index contributed by atoms with van der Waals surface area (Å²) in [7, 11) is 0. The molecule has 2 saturated heterocycles. The van der Waals surface area contributed by atoms with Gasteiger partial charge in [-0.2, -0.15) is 0 Å². The van der Waals surface area contributed by atoms with Gasteiger partial charge in [-0.25, -0.2) is 9.59 Å². The molecule has 0 bridgehead atoms. The molecule has 8 heteroatoms. The van der Waals surface area contributed by atoms with Crippen LogP contribution in [0.4, 0.5) is 10.5 Å². The number of ether oxygens (including phenoxy) is 4. The van der Waals surface area contributed by atoms with Gasteiger partial charge in [0.2, 0.25) is 0 Å². The van der Waals surface area contributed by atoms with Crippen LogP contribution in [0.5, 0.6) is 0 Å². The molecule has 2 aliphatic heterocycles. The van der Waals surface area contributed by atoms with Crippen LogP contribution < -0.4 is 10.2 Å². The van der Waals surface area contributed by atoms with E-state index in [1.807, 2.05) is 24.3 Å². The van der Waals surface area contributed by atoms with E-state index in [2.05, 4.69) is 10.2 Å². The lowest BCUT2D eigenvalue weighted by Gasteiger charge is -2.36. The quantitative estimate of drug-likeness (QED) is 0.705. The van der Waals surface area contributed by atoms with Crippen LogP contribution in [0.15, 0.2) is 24.3 Å². The lowest BCUT2D eigenvalue weighted by Crippen LogP contribution is -2.59. The number of morpholine rings is 1. The average Bonchev–Trinajstić information content (AvgIpc) is 3.10. The maximum Gasteiger partial charge on any atom is 0.408 e. The Hall–Kier alpha value is -2.32. The minimum absolute atomic E-state index is 0.289. The van der Waals surface area contributed by atoms with Crippen LogP contribution in [0.3, 0.4) is 0 Å². The zero-order chi connectivity index (χ0) is 23.6. The molecule has 1 N–H and O–H groups in total. The molecule has 1 aromatic rings. The second-order valence-corrected chi connectivity index (χ2v) is 10.3. The number of nitrogens with zero attached hydrogens (tertiary/aromatic N) is 1. The molecule has 0 saturated carbocycles. The zero-order valence-electron chi connectivity index (χ0n) is 20.0. The normalized spacial score (nSPS) is 24.2. The van der Waals surface area contributed by atoms with Gasteiger partial charge in [0.1, 0.15) is 17.3 Å². The fourth-order valence-electron chi connectivity index (χ4n) is 3.92. The Morgan fingerprint density at radius 2 is 1.56 bits per heavy atom. The molecule has 8 nitrogen and oxygen atoms in total. The van der Waals surface area contributed by atoms with E-state index in [4.69, 9.17) is 18.9 Å². The molecule has 2 unspecified atom stereocenters. The summed E-state index contributed by atoms with van der Waals surface area (Å²) in [6.07, 6.45) is -1.08. The Kier molecular flexibility index (Phi) is 7.05. The zero-order valence-corrected chi connectivity index (χ0v) is 20.0. The van der Waals surface area contributed by atoms with E-state index in [-0.39, 0.29) is 6.42 Å². The van der Waals surface area contributed by atoms with E-state index >= 15 is 0 Å². The van der Waals surface area contributed by atoms with Gasteiger partial charge in [-0.05, 0) is 59.2 Å². The van der Waals surface area contributed by atoms with E-state index < -0.39 is 34.9 Å². The van der Waals surface area contributed by atoms with Gasteiger partial charge in [0.15, 0.2) is 5.54 Å². The lowest BCUT2D eigenvalue weighted by atomic mass is 9.86. The monoisotopic (exact) mass is 448 g/mol. The first-order valence-corrected chi connectivity index (χ1v) is 11.2. The first-order chi connectivity index (χ1) is 14.9. The van der Waals surface area contributed by atoms with Gasteiger partial charge in [0.25, 0.3) is 0 Å². The molecule has 1 aromatic carbocycles. The largest absolute Gasteiger partial charge is 0.458 e. The number of hydrogen-bond acceptors (Lipinski definition) is 7. The number of rotatable bonds is 4. The third-order valence-corrected chi connectivity index (χ3v) is 5.29. The molecule has 32 heavy (non-hydrogen) atoms. The van der Waals surface area contributed by atoms with E-state index in [0.717, 1.165) is 24.3 Å². The second-order valence-electron chi connectivity index (χ2n) is 10.3. The van der Waals surface area contributed by atoms with Crippen LogP contribution in [-0.4, -0.2) is 61.7 Å². The van der Waals surface area contributed by atoms with Crippen molar-refractivity contribution in [2.24, 2.45) is 0 Å². The molecule has 2 aliphatic rings. The molecular formula is C24H36N2O6. The average molecular weight is 449 g/mol. The van der Waals surface area contributed by atoms with Gasteiger partial charge >= 0.3 is 12.1 Å². The molecule has 2 fully saturated rings. The van der Waals surface area contributed by atoms with Crippen molar-refractivity contribution in [3.8, 4) is 0 Å². The molecular weight excluding hydrogens is 412 g/mol. The number of alkyl carbamates (subject to hydrolysis) is 1. The van der Waals surface area contributed by atoms with Crippen LogP contribution in [0.2, 0.25) is 0 Å². The van der Waals surface area contributed by atoms with Gasteiger partial charge in [-0.15, -0.1) is 0 Å². The van der Waals surface area contributed by atoms with Crippen LogP contribution in [-0.2, 0) is 23.7 Å². The maximum atomic E-state index is 13.4. The standard InChI is InChI=1S/C24H36N2O6/c1-22(2,3)31-20(27)24(25-21(28)32-23(4,5)6)11-14-30-19(24)17-7-9-18(10-8-17)26-12-15-29-16-13-26/h7-10,19H,11-16H2,1-6H3,(H,25,28). The fourth-order valence-corrected chi connectivity index (χ4v) is 3.92. The van der Waals surface area contributed by atoms with Crippen molar-refractivity contribution < 1.29 is 28.5 Å². The number of benzene rings is 1. The second kappa shape index (κ2) is 9.27. The SMILES string of the molecule is CC(C)(C)OC(=O)NC1(C(=O)OC(C)(C)C)CCOC1c1ccc(N2CCOCC2)cc1. The minimum Gasteiger partial charge on any atom is -0.458 e. The highest BCUT2D eigenvalue weighted by molar-refractivity contribution is 5.87. The Labute approximate surface area is 190 Å². The third-order valence-electron chi connectivity index (χ3n) is 5.29. The van der Waals surface area contributed by atoms with Gasteiger partial charge in [0.05, 0.1) is 19.8 Å². The van der Waals surface area contributed by atoms with Crippen molar-refractivity contribution in [3.05, 3.63) is 29.8 Å². The number of carbonyl (C=O) groups is 2. The van der Waals surface area contributed by atoms with E-state index in [9.17, 15) is 9.59 Å². The van der Waals surface area contributed by atoms with Crippen LogP contribution in [0.25, 0.3) is 0 Å². The Morgan fingerprint density at radius 1 is 0.969 bits per heavy atom. The minimum atomic E-state index is -1.38. The number of anilines is 1. The van der Waals surface area contributed by atoms with E-state index in [1.54, 1.807) is 41.5 Å². The summed E-state index contributed by atoms with van der Waals surface area (Å²) in [5.74, 6) is -0.532. The number of esters is 1. The molecule has 3 rings (SSSR count). The number of amides is 1. The lowest BCUT2D eigenvalue weighted by molar-refractivity contribution is -0.166. The molecule has 0 aliphatic carbocycles. The summed E-state index contributed by atoms with van der Waals surface area (Å²) >= 11 is 0. The van der Waals surface area contributed by atoms with Crippen molar-refractivity contribution in [2.75, 3.05) is 37.8 Å². The highest BCUT2D eigenvalue weighted by Crippen LogP contribution is 2.41. The predicted molar refractivity (Wildman–Crippen MR) is 121 cm³/mol. The van der Waals surface area contributed by atoms with Gasteiger partial charge in [-0.3, -0.25) is 0 Å². The van der Waals surface area contributed by atoms with Crippen molar-refractivity contribution in [1.82, 2.24) is 5.32 Å². The first-order valence-electron chi connectivity index (χ1n) is 11.2. The Bertz CT molecular complexity index is 805. The molecule has 0 radical (unpaired) electrons. The molecule has 2 heterocycles. The molecule has 0 aromatic heterocycles. The summed E-state index contributed by atoms with van der Waals surface area (Å²) in [4.78, 5) is 28.4. The van der Waals surface area contributed by atoms with Gasteiger partial charge in [0, 0.05) is 25.2 Å². The van der Waals surface area contributed by atoms with Crippen molar-refractivity contribution in [3.63, 3.8) is 0 Å². The third kappa shape index (κ3) is 5.92. The van der Waals surface area contributed by atoms with Crippen molar-refractivity contribution in [2.45, 2.75) is 70.8 Å². The molecule has 1 amide bonds. The summed E-state index contributed by atoms with van der Waals surface area (Å²) in [6.45, 7) is 14.1. The van der Waals surface area contributed by atoms with Gasteiger partial charge in [-0.1, -0.05) is 12.1 Å². The first kappa shape index (κ1) is 24.3. The molecule has 2 atom stereocenters. The smallest absolute Gasteiger partial charge is 0.408 e. The highest BCUT2D eigenvalue weighted by Gasteiger charge is 2.55. The van der Waals surface area contributed by atoms with Crippen molar-refractivity contribution in [1.29, 1.82) is 0 Å². The fraction of sp³-hybridized carbons (Fsp3) is 0.667. The summed E-state index contributed by atoms with van der Waals surface area (Å²) in [5, 5.41) is 2.81. The molecule has 0 spiro atoms. The summed E-state index contributed by atoms with van der Waals surface area (Å²) < 4.78 is 22.6. The van der Waals surface area contributed by atoms with E-state index in [1.165, 1.54) is 0 Å². The number of nitrogens with one attached hydrogen (secondary N) is 1. The Balaban J connectivity index is 1.89. The summed E-state index contributed by atoms with van der Waals surface area (Å²) in [5.41, 5.74) is -0.920. The maximum absolute atomic E-state index is 13.4. The van der Waals surface area contributed by atoms with E-state index in [0.29, 0.717) is 19.8 Å². The van der Waals surface area contributed by atoms with Crippen LogP contribution in [0, 0.1) is 0 Å². The van der Waals surface area contributed by atoms with Crippen LogP contribution in [0.1, 0.15) is 59.6 Å². The number of hydrogen-bond donors (Lipinski definition) is 1. The van der Waals surface area contributed by atoms with Crippen LogP contribution >= 0.6 is 0 Å². The molecule has 178 valence electrons. The van der Waals surface area contributed by atoms with Gasteiger partial charge < -0.3 is 29.2 Å². The summed E-state index contributed by atoms with van der Waals surface area (Å²) in [6, 6.07) is 7.90. The predicted octanol–water partition coefficient (Wildman–Crippen LogP) is 3.59. The highest BCUT2D eigenvalue weighted by atomic mass is 16.6. The van der Waals surface area contributed by atoms with Crippen molar-refractivity contribution >= 4 is 17.7 Å². The topological polar surface area (TPSA) is 86.3 Å². The number of carbonyl (C=O) groups excluding carboxylic acids is 2.